The maximum absolute atomic E-state index is 13.2. The number of nitrogens with one attached hydrogen (secondary N) is 1. The lowest BCUT2D eigenvalue weighted by atomic mass is 10.1. The minimum Gasteiger partial charge on any atom is -0.352 e. The van der Waals surface area contributed by atoms with Crippen LogP contribution in [0.4, 0.5) is 5.69 Å². The fraction of sp³-hybridized carbons (Fsp3) is 0.440. The molecule has 0 aliphatic rings. The summed E-state index contributed by atoms with van der Waals surface area (Å²) in [4.78, 5) is 27.4. The van der Waals surface area contributed by atoms with Gasteiger partial charge < -0.3 is 10.2 Å². The van der Waals surface area contributed by atoms with Gasteiger partial charge in [-0.05, 0) is 63.9 Å². The number of sulfonamides is 1. The van der Waals surface area contributed by atoms with E-state index in [0.29, 0.717) is 17.1 Å². The Bertz CT molecular complexity index is 1070. The molecule has 2 aromatic carbocycles. The lowest BCUT2D eigenvalue weighted by Crippen LogP contribution is -2.49. The average molecular weight is 508 g/mol. The summed E-state index contributed by atoms with van der Waals surface area (Å²) in [6, 6.07) is 13.6. The van der Waals surface area contributed by atoms with Gasteiger partial charge in [0, 0.05) is 30.6 Å². The molecule has 7 nitrogen and oxygen atoms in total. The number of nitrogens with zero attached hydrogens (tertiary/aromatic N) is 2. The molecule has 0 unspecified atom stereocenters. The first-order chi connectivity index (χ1) is 15.9. The van der Waals surface area contributed by atoms with Gasteiger partial charge in [-0.2, -0.15) is 0 Å². The van der Waals surface area contributed by atoms with E-state index in [1.807, 2.05) is 45.0 Å². The molecular formula is C25H34ClN3O4S. The standard InChI is InChI=1S/C25H34ClN3O4S/c1-18(2)27-25(31)20(4)28(17-21-10-12-22(26)13-11-21)24(30)7-6-16-29(34(5,32)33)23-14-8-19(3)9-15-23/h8-15,18,20H,6-7,16-17H2,1-5H3,(H,27,31)/t20-/m1/s1. The summed E-state index contributed by atoms with van der Waals surface area (Å²) in [5.74, 6) is -0.464. The van der Waals surface area contributed by atoms with Crippen LogP contribution in [-0.4, -0.2) is 50.0 Å². The molecular weight excluding hydrogens is 474 g/mol. The van der Waals surface area contributed by atoms with Crippen LogP contribution in [0.5, 0.6) is 0 Å². The van der Waals surface area contributed by atoms with Crippen molar-refractivity contribution < 1.29 is 18.0 Å². The maximum Gasteiger partial charge on any atom is 0.242 e. The number of benzene rings is 2. The van der Waals surface area contributed by atoms with Crippen LogP contribution in [0.1, 0.15) is 44.7 Å². The van der Waals surface area contributed by atoms with Gasteiger partial charge in [0.25, 0.3) is 0 Å². The predicted octanol–water partition coefficient (Wildman–Crippen LogP) is 4.14. The van der Waals surface area contributed by atoms with Gasteiger partial charge in [0.15, 0.2) is 0 Å². The van der Waals surface area contributed by atoms with Crippen LogP contribution < -0.4 is 9.62 Å². The van der Waals surface area contributed by atoms with E-state index in [-0.39, 0.29) is 37.4 Å². The highest BCUT2D eigenvalue weighted by molar-refractivity contribution is 7.92. The highest BCUT2D eigenvalue weighted by Crippen LogP contribution is 2.20. The van der Waals surface area contributed by atoms with E-state index >= 15 is 0 Å². The molecule has 0 aliphatic carbocycles. The Morgan fingerprint density at radius 2 is 1.59 bits per heavy atom. The van der Waals surface area contributed by atoms with Crippen molar-refractivity contribution in [2.45, 2.75) is 59.2 Å². The second-order valence-electron chi connectivity index (χ2n) is 8.76. The second-order valence-corrected chi connectivity index (χ2v) is 11.1. The second kappa shape index (κ2) is 12.2. The highest BCUT2D eigenvalue weighted by Gasteiger charge is 2.27. The number of halogens is 1. The number of amides is 2. The monoisotopic (exact) mass is 507 g/mol. The third kappa shape index (κ3) is 8.33. The Hall–Kier alpha value is -2.58. The number of carbonyl (C=O) groups excluding carboxylic acids is 2. The van der Waals surface area contributed by atoms with Crippen molar-refractivity contribution in [1.29, 1.82) is 0 Å². The molecule has 0 heterocycles. The van der Waals surface area contributed by atoms with Gasteiger partial charge in [-0.15, -0.1) is 0 Å². The van der Waals surface area contributed by atoms with Crippen LogP contribution in [-0.2, 0) is 26.2 Å². The van der Waals surface area contributed by atoms with Gasteiger partial charge in [-0.3, -0.25) is 13.9 Å². The molecule has 2 amide bonds. The minimum atomic E-state index is -3.51. The van der Waals surface area contributed by atoms with Gasteiger partial charge in [-0.25, -0.2) is 8.42 Å². The fourth-order valence-electron chi connectivity index (χ4n) is 3.49. The van der Waals surface area contributed by atoms with Crippen molar-refractivity contribution >= 4 is 39.1 Å². The molecule has 186 valence electrons. The van der Waals surface area contributed by atoms with Crippen molar-refractivity contribution in [2.24, 2.45) is 0 Å². The van der Waals surface area contributed by atoms with Crippen LogP contribution in [0.25, 0.3) is 0 Å². The summed E-state index contributed by atoms with van der Waals surface area (Å²) in [5.41, 5.74) is 2.43. The van der Waals surface area contributed by atoms with E-state index in [4.69, 9.17) is 11.6 Å². The molecule has 1 N–H and O–H groups in total. The molecule has 0 saturated heterocycles. The minimum absolute atomic E-state index is 0.0553. The molecule has 0 saturated carbocycles. The lowest BCUT2D eigenvalue weighted by Gasteiger charge is -2.30. The number of hydrogen-bond acceptors (Lipinski definition) is 4. The maximum atomic E-state index is 13.2. The van der Waals surface area contributed by atoms with Crippen LogP contribution in [0.15, 0.2) is 48.5 Å². The fourth-order valence-corrected chi connectivity index (χ4v) is 4.58. The van der Waals surface area contributed by atoms with Crippen molar-refractivity contribution in [3.63, 3.8) is 0 Å². The third-order valence-corrected chi connectivity index (χ3v) is 6.78. The summed E-state index contributed by atoms with van der Waals surface area (Å²) in [6.45, 7) is 7.76. The molecule has 34 heavy (non-hydrogen) atoms. The summed E-state index contributed by atoms with van der Waals surface area (Å²) in [7, 11) is -3.51. The molecule has 0 aliphatic heterocycles. The smallest absolute Gasteiger partial charge is 0.242 e. The van der Waals surface area contributed by atoms with Crippen LogP contribution in [0, 0.1) is 6.92 Å². The normalized spacial score (nSPS) is 12.3. The Labute approximate surface area is 208 Å². The average Bonchev–Trinajstić information content (AvgIpc) is 2.75. The molecule has 2 rings (SSSR count). The largest absolute Gasteiger partial charge is 0.352 e. The van der Waals surface area contributed by atoms with Gasteiger partial charge in [0.2, 0.25) is 21.8 Å². The zero-order valence-electron chi connectivity index (χ0n) is 20.4. The zero-order chi connectivity index (χ0) is 25.5. The number of anilines is 1. The van der Waals surface area contributed by atoms with Crippen LogP contribution in [0.3, 0.4) is 0 Å². The van der Waals surface area contributed by atoms with E-state index < -0.39 is 16.1 Å². The van der Waals surface area contributed by atoms with E-state index in [2.05, 4.69) is 5.32 Å². The van der Waals surface area contributed by atoms with Crippen molar-refractivity contribution in [2.75, 3.05) is 17.1 Å². The Balaban J connectivity index is 2.15. The number of carbonyl (C=O) groups is 2. The predicted molar refractivity (Wildman–Crippen MR) is 137 cm³/mol. The Morgan fingerprint density at radius 3 is 2.12 bits per heavy atom. The summed E-state index contributed by atoms with van der Waals surface area (Å²) in [5, 5.41) is 3.44. The number of aryl methyl sites for hydroxylation is 1. The van der Waals surface area contributed by atoms with Crippen molar-refractivity contribution in [3.05, 3.63) is 64.7 Å². The summed E-state index contributed by atoms with van der Waals surface area (Å²) in [6.07, 6.45) is 1.57. The SMILES string of the molecule is Cc1ccc(N(CCCC(=O)N(Cc2ccc(Cl)cc2)[C@H](C)C(=O)NC(C)C)S(C)(=O)=O)cc1. The zero-order valence-corrected chi connectivity index (χ0v) is 22.0. The first-order valence-corrected chi connectivity index (χ1v) is 13.5. The summed E-state index contributed by atoms with van der Waals surface area (Å²) >= 11 is 5.98. The highest BCUT2D eigenvalue weighted by atomic mass is 35.5. The molecule has 0 bridgehead atoms. The molecule has 2 aromatic rings. The first kappa shape index (κ1) is 27.7. The topological polar surface area (TPSA) is 86.8 Å². The first-order valence-electron chi connectivity index (χ1n) is 11.3. The van der Waals surface area contributed by atoms with Gasteiger partial charge >= 0.3 is 0 Å². The van der Waals surface area contributed by atoms with E-state index in [9.17, 15) is 18.0 Å². The van der Waals surface area contributed by atoms with Gasteiger partial charge in [-0.1, -0.05) is 41.4 Å². The van der Waals surface area contributed by atoms with Crippen LogP contribution in [0.2, 0.25) is 5.02 Å². The molecule has 0 fully saturated rings. The Kier molecular flexibility index (Phi) is 9.94. The van der Waals surface area contributed by atoms with Crippen LogP contribution >= 0.6 is 11.6 Å². The van der Waals surface area contributed by atoms with E-state index in [1.54, 1.807) is 31.2 Å². The molecule has 0 radical (unpaired) electrons. The van der Waals surface area contributed by atoms with E-state index in [1.165, 1.54) is 9.21 Å². The number of rotatable bonds is 11. The van der Waals surface area contributed by atoms with Crippen molar-refractivity contribution in [1.82, 2.24) is 10.2 Å². The lowest BCUT2D eigenvalue weighted by molar-refractivity contribution is -0.140. The number of hydrogen-bond donors (Lipinski definition) is 1. The van der Waals surface area contributed by atoms with E-state index in [0.717, 1.165) is 17.4 Å². The molecule has 0 spiro atoms. The molecule has 9 heteroatoms. The van der Waals surface area contributed by atoms with Crippen molar-refractivity contribution in [3.8, 4) is 0 Å². The Morgan fingerprint density at radius 1 is 1.00 bits per heavy atom. The van der Waals surface area contributed by atoms with Gasteiger partial charge in [0.05, 0.1) is 11.9 Å². The van der Waals surface area contributed by atoms with Gasteiger partial charge in [0.1, 0.15) is 6.04 Å². The quantitative estimate of drug-likeness (QED) is 0.495. The molecule has 1 atom stereocenters. The third-order valence-electron chi connectivity index (χ3n) is 5.34. The summed E-state index contributed by atoms with van der Waals surface area (Å²) < 4.78 is 26.0. The molecule has 0 aromatic heterocycles.